The van der Waals surface area contributed by atoms with Crippen LogP contribution >= 0.6 is 34.5 Å². The molecule has 11 nitrogen and oxygen atoms in total. The van der Waals surface area contributed by atoms with E-state index in [0.717, 1.165) is 16.9 Å². The summed E-state index contributed by atoms with van der Waals surface area (Å²) in [6, 6.07) is 16.2. The SMILES string of the molecule is CCOC(=O)C1=C(C)N=c2s/c(=C/c3cc(Cl)cc(Cl)c3OCc3ccc(C#N)cc3)c(=O)n2[C@@H]1c1ccc(OCC(=O)OC)c(OCC)c1. The number of ether oxygens (including phenoxy) is 5. The number of hydrogen-bond acceptors (Lipinski definition) is 11. The number of thiazole rings is 1. The van der Waals surface area contributed by atoms with Gasteiger partial charge in [0.15, 0.2) is 22.9 Å². The van der Waals surface area contributed by atoms with Crippen LogP contribution < -0.4 is 29.1 Å². The maximum atomic E-state index is 14.3. The lowest BCUT2D eigenvalue weighted by Gasteiger charge is -2.25. The lowest BCUT2D eigenvalue weighted by atomic mass is 9.95. The van der Waals surface area contributed by atoms with E-state index in [1.54, 1.807) is 81.4 Å². The van der Waals surface area contributed by atoms with Crippen LogP contribution in [0.2, 0.25) is 10.0 Å². The van der Waals surface area contributed by atoms with Crippen LogP contribution in [0.15, 0.2) is 75.7 Å². The van der Waals surface area contributed by atoms with Crippen LogP contribution in [0.3, 0.4) is 0 Å². The zero-order valence-electron chi connectivity index (χ0n) is 27.5. The summed E-state index contributed by atoms with van der Waals surface area (Å²) in [7, 11) is 1.26. The molecule has 0 saturated carbocycles. The number of aromatic nitrogens is 1. The molecule has 5 rings (SSSR count). The third kappa shape index (κ3) is 7.86. The number of rotatable bonds is 12. The second-order valence-corrected chi connectivity index (χ2v) is 12.6. The van der Waals surface area contributed by atoms with Gasteiger partial charge in [-0.05, 0) is 74.4 Å². The van der Waals surface area contributed by atoms with Crippen LogP contribution in [0.1, 0.15) is 49.1 Å². The number of nitrogens with zero attached hydrogens (tertiary/aromatic N) is 3. The highest BCUT2D eigenvalue weighted by atomic mass is 35.5. The van der Waals surface area contributed by atoms with Crippen LogP contribution in [-0.4, -0.2) is 43.4 Å². The Balaban J connectivity index is 1.63. The quantitative estimate of drug-likeness (QED) is 0.173. The average Bonchev–Trinajstić information content (AvgIpc) is 3.40. The molecule has 0 amide bonds. The molecule has 14 heteroatoms. The van der Waals surface area contributed by atoms with Gasteiger partial charge in [0.05, 0.1) is 58.8 Å². The first-order chi connectivity index (χ1) is 24.1. The topological polar surface area (TPSA) is 138 Å². The maximum absolute atomic E-state index is 14.3. The lowest BCUT2D eigenvalue weighted by molar-refractivity contribution is -0.143. The number of methoxy groups -OCH3 is 1. The summed E-state index contributed by atoms with van der Waals surface area (Å²) in [6.07, 6.45) is 1.62. The van der Waals surface area contributed by atoms with Crippen LogP contribution in [0.25, 0.3) is 6.08 Å². The number of carbonyl (C=O) groups excluding carboxylic acids is 2. The Morgan fingerprint density at radius 2 is 1.78 bits per heavy atom. The zero-order chi connectivity index (χ0) is 35.9. The first-order valence-electron chi connectivity index (χ1n) is 15.3. The molecule has 0 fully saturated rings. The normalized spacial score (nSPS) is 13.9. The number of benzene rings is 3. The summed E-state index contributed by atoms with van der Waals surface area (Å²) < 4.78 is 29.4. The molecule has 1 atom stereocenters. The Morgan fingerprint density at radius 1 is 1.02 bits per heavy atom. The molecule has 0 unspecified atom stereocenters. The number of fused-ring (bicyclic) bond motifs is 1. The molecule has 3 aromatic carbocycles. The van der Waals surface area contributed by atoms with Crippen molar-refractivity contribution in [3.63, 3.8) is 0 Å². The molecule has 258 valence electrons. The van der Waals surface area contributed by atoms with E-state index in [2.05, 4.69) is 15.8 Å². The molecule has 1 aliphatic heterocycles. The maximum Gasteiger partial charge on any atom is 0.343 e. The molecule has 0 N–H and O–H groups in total. The van der Waals surface area contributed by atoms with Gasteiger partial charge in [0.1, 0.15) is 12.4 Å². The van der Waals surface area contributed by atoms with Gasteiger partial charge < -0.3 is 23.7 Å². The highest BCUT2D eigenvalue weighted by molar-refractivity contribution is 7.07. The minimum atomic E-state index is -0.948. The predicted molar refractivity (Wildman–Crippen MR) is 187 cm³/mol. The average molecular weight is 737 g/mol. The van der Waals surface area contributed by atoms with E-state index >= 15 is 0 Å². The minimum Gasteiger partial charge on any atom is -0.490 e. The predicted octanol–water partition coefficient (Wildman–Crippen LogP) is 5.51. The van der Waals surface area contributed by atoms with Crippen LogP contribution in [0.4, 0.5) is 0 Å². The van der Waals surface area contributed by atoms with E-state index in [1.807, 2.05) is 0 Å². The van der Waals surface area contributed by atoms with Gasteiger partial charge in [-0.15, -0.1) is 0 Å². The lowest BCUT2D eigenvalue weighted by Crippen LogP contribution is -2.40. The molecule has 4 aromatic rings. The fourth-order valence-electron chi connectivity index (χ4n) is 5.20. The highest BCUT2D eigenvalue weighted by Crippen LogP contribution is 2.37. The van der Waals surface area contributed by atoms with E-state index in [-0.39, 0.29) is 47.3 Å². The standard InChI is InChI=1S/C36H31Cl2N3O8S/c1-5-46-28-14-23(11-12-27(28)48-19-30(42)45-4)32-31(35(44)47-6-2)20(3)40-36-41(32)34(43)29(50-36)15-24-13-25(37)16-26(38)33(24)49-18-22-9-7-21(17-39)8-10-22/h7-16,32H,5-6,18-19H2,1-4H3/b29-15+/t32-/m1/s1. The van der Waals surface area contributed by atoms with E-state index in [1.165, 1.54) is 11.7 Å². The fourth-order valence-corrected chi connectivity index (χ4v) is 6.80. The molecular weight excluding hydrogens is 705 g/mol. The summed E-state index contributed by atoms with van der Waals surface area (Å²) in [6.45, 7) is 5.34. The summed E-state index contributed by atoms with van der Waals surface area (Å²) in [5, 5.41) is 9.68. The fraction of sp³-hybridized carbons (Fsp3) is 0.250. The van der Waals surface area contributed by atoms with Gasteiger partial charge in [-0.3, -0.25) is 9.36 Å². The molecule has 1 aromatic heterocycles. The van der Waals surface area contributed by atoms with Gasteiger partial charge in [0, 0.05) is 10.6 Å². The van der Waals surface area contributed by atoms with Crippen LogP contribution in [0.5, 0.6) is 17.2 Å². The summed E-state index contributed by atoms with van der Waals surface area (Å²) in [5.74, 6) is -0.326. The van der Waals surface area contributed by atoms with Crippen molar-refractivity contribution in [2.24, 2.45) is 4.99 Å². The third-order valence-corrected chi connectivity index (χ3v) is 8.95. The molecular formula is C36H31Cl2N3O8S. The van der Waals surface area contributed by atoms with E-state index in [4.69, 9.17) is 47.4 Å². The van der Waals surface area contributed by atoms with Crippen molar-refractivity contribution in [3.05, 3.63) is 118 Å². The number of hydrogen-bond donors (Lipinski definition) is 0. The second kappa shape index (κ2) is 16.1. The van der Waals surface area contributed by atoms with Crippen molar-refractivity contribution in [2.75, 3.05) is 26.9 Å². The number of carbonyl (C=O) groups is 2. The number of esters is 2. The first-order valence-corrected chi connectivity index (χ1v) is 16.9. The Labute approximate surface area is 301 Å². The van der Waals surface area contributed by atoms with Crippen molar-refractivity contribution in [2.45, 2.75) is 33.4 Å². The number of allylic oxidation sites excluding steroid dienone is 1. The summed E-state index contributed by atoms with van der Waals surface area (Å²) in [5.41, 5.74) is 2.40. The first kappa shape index (κ1) is 36.2. The van der Waals surface area contributed by atoms with Crippen LogP contribution in [0, 0.1) is 11.3 Å². The smallest absolute Gasteiger partial charge is 0.343 e. The van der Waals surface area contributed by atoms with E-state index < -0.39 is 23.5 Å². The molecule has 0 spiro atoms. The molecule has 0 saturated heterocycles. The summed E-state index contributed by atoms with van der Waals surface area (Å²) in [4.78, 5) is 44.5. The second-order valence-electron chi connectivity index (χ2n) is 10.7. The van der Waals surface area contributed by atoms with Gasteiger partial charge in [-0.25, -0.2) is 14.6 Å². The molecule has 1 aliphatic rings. The van der Waals surface area contributed by atoms with E-state index in [0.29, 0.717) is 43.7 Å². The Kier molecular flexibility index (Phi) is 11.6. The number of halogens is 2. The largest absolute Gasteiger partial charge is 0.490 e. The van der Waals surface area contributed by atoms with Gasteiger partial charge >= 0.3 is 11.9 Å². The monoisotopic (exact) mass is 735 g/mol. The Hall–Kier alpha value is -5.09. The molecule has 0 radical (unpaired) electrons. The van der Waals surface area contributed by atoms with Crippen molar-refractivity contribution in [1.82, 2.24) is 4.57 Å². The van der Waals surface area contributed by atoms with Gasteiger partial charge in [0.2, 0.25) is 0 Å². The van der Waals surface area contributed by atoms with Crippen molar-refractivity contribution in [1.29, 1.82) is 5.26 Å². The number of nitriles is 1. The molecule has 50 heavy (non-hydrogen) atoms. The third-order valence-electron chi connectivity index (χ3n) is 7.46. The van der Waals surface area contributed by atoms with Crippen molar-refractivity contribution < 1.29 is 33.3 Å². The zero-order valence-corrected chi connectivity index (χ0v) is 29.8. The Bertz CT molecular complexity index is 2200. The van der Waals surface area contributed by atoms with Gasteiger partial charge in [-0.2, -0.15) is 5.26 Å². The molecule has 0 bridgehead atoms. The highest BCUT2D eigenvalue weighted by Gasteiger charge is 2.34. The molecule has 2 heterocycles. The van der Waals surface area contributed by atoms with Crippen molar-refractivity contribution >= 4 is 52.6 Å². The molecule has 0 aliphatic carbocycles. The van der Waals surface area contributed by atoms with E-state index in [9.17, 15) is 14.4 Å². The van der Waals surface area contributed by atoms with Gasteiger partial charge in [-0.1, -0.05) is 52.7 Å². The minimum absolute atomic E-state index is 0.109. The Morgan fingerprint density at radius 3 is 2.46 bits per heavy atom. The summed E-state index contributed by atoms with van der Waals surface area (Å²) >= 11 is 14.1. The van der Waals surface area contributed by atoms with Crippen LogP contribution in [-0.2, 0) is 25.7 Å². The van der Waals surface area contributed by atoms with Crippen molar-refractivity contribution in [3.8, 4) is 23.3 Å². The van der Waals surface area contributed by atoms with Gasteiger partial charge in [0.25, 0.3) is 5.56 Å².